The highest BCUT2D eigenvalue weighted by Gasteiger charge is 2.40. The lowest BCUT2D eigenvalue weighted by Crippen LogP contribution is -2.45. The number of aliphatic carboxylic acids is 1. The van der Waals surface area contributed by atoms with Gasteiger partial charge in [-0.15, -0.1) is 11.8 Å². The largest absolute Gasteiger partial charge is 0.480 e. The molecule has 1 aliphatic rings. The Hall–Kier alpha value is -0.710. The van der Waals surface area contributed by atoms with Crippen LogP contribution in [0.3, 0.4) is 0 Å². The van der Waals surface area contributed by atoms with Crippen molar-refractivity contribution in [3.63, 3.8) is 0 Å². The van der Waals surface area contributed by atoms with Gasteiger partial charge in [-0.05, 0) is 12.8 Å². The van der Waals surface area contributed by atoms with E-state index < -0.39 is 12.0 Å². The highest BCUT2D eigenvalue weighted by Crippen LogP contribution is 2.32. The van der Waals surface area contributed by atoms with Crippen LogP contribution >= 0.6 is 11.8 Å². The van der Waals surface area contributed by atoms with Gasteiger partial charge >= 0.3 is 5.97 Å². The summed E-state index contributed by atoms with van der Waals surface area (Å²) >= 11 is 1.58. The zero-order valence-electron chi connectivity index (χ0n) is 10.5. The number of hydrogen-bond acceptors (Lipinski definition) is 3. The molecule has 1 saturated heterocycles. The molecular weight excluding hydrogens is 238 g/mol. The van der Waals surface area contributed by atoms with Gasteiger partial charge in [0.25, 0.3) is 0 Å². The molecule has 1 amide bonds. The number of nitrogens with zero attached hydrogens (tertiary/aromatic N) is 1. The van der Waals surface area contributed by atoms with Crippen LogP contribution < -0.4 is 0 Å². The normalized spacial score (nSPS) is 24.0. The van der Waals surface area contributed by atoms with Gasteiger partial charge in [-0.2, -0.15) is 0 Å². The van der Waals surface area contributed by atoms with Gasteiger partial charge in [0.05, 0.1) is 5.37 Å². The zero-order valence-corrected chi connectivity index (χ0v) is 11.3. The molecule has 1 heterocycles. The summed E-state index contributed by atoms with van der Waals surface area (Å²) in [6, 6.07) is -0.626. The highest BCUT2D eigenvalue weighted by atomic mass is 32.2. The average Bonchev–Trinajstić information content (AvgIpc) is 2.72. The van der Waals surface area contributed by atoms with E-state index in [1.54, 1.807) is 16.7 Å². The first-order chi connectivity index (χ1) is 8.11. The van der Waals surface area contributed by atoms with Crippen molar-refractivity contribution in [1.29, 1.82) is 0 Å². The van der Waals surface area contributed by atoms with Crippen LogP contribution in [0.1, 0.15) is 46.0 Å². The Bertz CT molecular complexity index is 283. The van der Waals surface area contributed by atoms with Gasteiger partial charge in [-0.3, -0.25) is 4.79 Å². The Morgan fingerprint density at radius 3 is 2.59 bits per heavy atom. The SMILES string of the molecule is CCCCCC(=O)N1C(CC)SCC1C(=O)O. The van der Waals surface area contributed by atoms with E-state index in [9.17, 15) is 9.59 Å². The predicted octanol–water partition coefficient (Wildman–Crippen LogP) is 2.33. The van der Waals surface area contributed by atoms with Crippen LogP contribution in [0.25, 0.3) is 0 Å². The maximum atomic E-state index is 12.1. The second-order valence-corrected chi connectivity index (χ2v) is 5.52. The van der Waals surface area contributed by atoms with Crippen molar-refractivity contribution in [1.82, 2.24) is 4.90 Å². The minimum absolute atomic E-state index is 0.00250. The number of carboxylic acid groups (broad SMARTS) is 1. The number of amides is 1. The van der Waals surface area contributed by atoms with Gasteiger partial charge in [0.2, 0.25) is 5.91 Å². The topological polar surface area (TPSA) is 57.6 Å². The van der Waals surface area contributed by atoms with Crippen LogP contribution in [0, 0.1) is 0 Å². The molecule has 1 rings (SSSR count). The molecule has 0 aliphatic carbocycles. The van der Waals surface area contributed by atoms with Crippen LogP contribution in [0.4, 0.5) is 0 Å². The minimum Gasteiger partial charge on any atom is -0.480 e. The van der Waals surface area contributed by atoms with Crippen LogP contribution in [0.15, 0.2) is 0 Å². The molecule has 2 atom stereocenters. The minimum atomic E-state index is -0.878. The van der Waals surface area contributed by atoms with E-state index in [1.807, 2.05) is 6.92 Å². The molecule has 1 aliphatic heterocycles. The maximum absolute atomic E-state index is 12.1. The van der Waals surface area contributed by atoms with E-state index in [4.69, 9.17) is 5.11 Å². The molecule has 0 radical (unpaired) electrons. The molecule has 0 aromatic heterocycles. The molecule has 0 bridgehead atoms. The van der Waals surface area contributed by atoms with E-state index in [1.165, 1.54) is 0 Å². The summed E-state index contributed by atoms with van der Waals surface area (Å²) in [6.07, 6.45) is 4.25. The van der Waals surface area contributed by atoms with E-state index in [2.05, 4.69) is 6.92 Å². The standard InChI is InChI=1S/C12H21NO3S/c1-3-5-6-7-10(14)13-9(12(15)16)8-17-11(13)4-2/h9,11H,3-8H2,1-2H3,(H,15,16). The molecule has 5 heteroatoms. The molecule has 4 nitrogen and oxygen atoms in total. The number of carbonyl (C=O) groups excluding carboxylic acids is 1. The Kier molecular flexibility index (Phi) is 5.82. The van der Waals surface area contributed by atoms with Crippen molar-refractivity contribution in [2.24, 2.45) is 0 Å². The number of carbonyl (C=O) groups is 2. The summed E-state index contributed by atoms with van der Waals surface area (Å²) in [7, 11) is 0. The molecule has 1 fully saturated rings. The molecule has 0 spiro atoms. The first-order valence-corrected chi connectivity index (χ1v) is 7.32. The molecule has 1 N–H and O–H groups in total. The van der Waals surface area contributed by atoms with Gasteiger partial charge in [0.15, 0.2) is 0 Å². The molecule has 0 aromatic rings. The third kappa shape index (κ3) is 3.63. The first-order valence-electron chi connectivity index (χ1n) is 6.27. The average molecular weight is 259 g/mol. The monoisotopic (exact) mass is 259 g/mol. The van der Waals surface area contributed by atoms with Crippen LogP contribution in [-0.2, 0) is 9.59 Å². The maximum Gasteiger partial charge on any atom is 0.327 e. The van der Waals surface area contributed by atoms with E-state index in [0.29, 0.717) is 12.2 Å². The van der Waals surface area contributed by atoms with E-state index in [-0.39, 0.29) is 11.3 Å². The summed E-state index contributed by atoms with van der Waals surface area (Å²) in [6.45, 7) is 4.08. The summed E-state index contributed by atoms with van der Waals surface area (Å²) in [5.41, 5.74) is 0. The third-order valence-electron chi connectivity index (χ3n) is 3.01. The van der Waals surface area contributed by atoms with Crippen molar-refractivity contribution in [2.45, 2.75) is 57.4 Å². The molecule has 2 unspecified atom stereocenters. The Morgan fingerprint density at radius 2 is 2.06 bits per heavy atom. The summed E-state index contributed by atoms with van der Waals surface area (Å²) in [5.74, 6) is -0.354. The zero-order chi connectivity index (χ0) is 12.8. The van der Waals surface area contributed by atoms with Gasteiger partial charge in [-0.25, -0.2) is 4.79 Å². The molecule has 0 aromatic carbocycles. The first kappa shape index (κ1) is 14.4. The predicted molar refractivity (Wildman–Crippen MR) is 68.9 cm³/mol. The summed E-state index contributed by atoms with van der Waals surface area (Å²) < 4.78 is 0. The van der Waals surface area contributed by atoms with Gasteiger partial charge in [-0.1, -0.05) is 26.7 Å². The van der Waals surface area contributed by atoms with E-state index >= 15 is 0 Å². The van der Waals surface area contributed by atoms with Crippen molar-refractivity contribution in [2.75, 3.05) is 5.75 Å². The number of unbranched alkanes of at least 4 members (excludes halogenated alkanes) is 2. The molecule has 98 valence electrons. The molecule has 0 saturated carbocycles. The Balaban J connectivity index is 2.61. The summed E-state index contributed by atoms with van der Waals surface area (Å²) in [4.78, 5) is 24.7. The quantitative estimate of drug-likeness (QED) is 0.744. The number of rotatable bonds is 6. The Labute approximate surface area is 107 Å². The second kappa shape index (κ2) is 6.89. The molecular formula is C12H21NO3S. The lowest BCUT2D eigenvalue weighted by atomic mass is 10.1. The van der Waals surface area contributed by atoms with Crippen molar-refractivity contribution in [3.05, 3.63) is 0 Å². The fraction of sp³-hybridized carbons (Fsp3) is 0.833. The third-order valence-corrected chi connectivity index (χ3v) is 4.46. The molecule has 17 heavy (non-hydrogen) atoms. The lowest BCUT2D eigenvalue weighted by molar-refractivity contribution is -0.149. The fourth-order valence-corrected chi connectivity index (χ4v) is 3.43. The smallest absolute Gasteiger partial charge is 0.327 e. The van der Waals surface area contributed by atoms with Crippen LogP contribution in [0.5, 0.6) is 0 Å². The van der Waals surface area contributed by atoms with Crippen LogP contribution in [0.2, 0.25) is 0 Å². The van der Waals surface area contributed by atoms with E-state index in [0.717, 1.165) is 25.7 Å². The number of hydrogen-bond donors (Lipinski definition) is 1. The Morgan fingerprint density at radius 1 is 1.35 bits per heavy atom. The summed E-state index contributed by atoms with van der Waals surface area (Å²) in [5, 5.41) is 9.16. The van der Waals surface area contributed by atoms with Gasteiger partial charge in [0.1, 0.15) is 6.04 Å². The number of thioether (sulfide) groups is 1. The highest BCUT2D eigenvalue weighted by molar-refractivity contribution is 8.00. The van der Waals surface area contributed by atoms with Gasteiger partial charge in [0, 0.05) is 12.2 Å². The van der Waals surface area contributed by atoms with Crippen LogP contribution in [-0.4, -0.2) is 39.1 Å². The van der Waals surface area contributed by atoms with Crippen molar-refractivity contribution in [3.8, 4) is 0 Å². The fourth-order valence-electron chi connectivity index (χ4n) is 2.06. The van der Waals surface area contributed by atoms with Gasteiger partial charge < -0.3 is 10.0 Å². The lowest BCUT2D eigenvalue weighted by Gasteiger charge is -2.26. The number of carboxylic acids is 1. The van der Waals surface area contributed by atoms with Crippen molar-refractivity contribution >= 4 is 23.6 Å². The van der Waals surface area contributed by atoms with Crippen molar-refractivity contribution < 1.29 is 14.7 Å². The second-order valence-electron chi connectivity index (χ2n) is 4.31.